The Labute approximate surface area is 142 Å². The molecule has 6 heteroatoms. The maximum atomic E-state index is 12.0. The van der Waals surface area contributed by atoms with Crippen molar-refractivity contribution in [3.05, 3.63) is 34.9 Å². The molecule has 0 aromatic heterocycles. The van der Waals surface area contributed by atoms with Gasteiger partial charge in [0.25, 0.3) is 0 Å². The lowest BCUT2D eigenvalue weighted by Crippen LogP contribution is -2.53. The Morgan fingerprint density at radius 2 is 2.17 bits per heavy atom. The minimum Gasteiger partial charge on any atom is -0.453 e. The molecule has 0 radical (unpaired) electrons. The Balaban J connectivity index is 1.37. The lowest BCUT2D eigenvalue weighted by atomic mass is 9.98. The van der Waals surface area contributed by atoms with Crippen LogP contribution in [0.1, 0.15) is 23.1 Å². The van der Waals surface area contributed by atoms with E-state index in [4.69, 9.17) is 4.74 Å². The summed E-state index contributed by atoms with van der Waals surface area (Å²) in [6, 6.07) is 6.42. The highest BCUT2D eigenvalue weighted by Gasteiger charge is 2.31. The van der Waals surface area contributed by atoms with Gasteiger partial charge < -0.3 is 19.7 Å². The molecule has 0 bridgehead atoms. The van der Waals surface area contributed by atoms with Gasteiger partial charge in [-0.1, -0.05) is 18.2 Å². The Morgan fingerprint density at radius 3 is 2.96 bits per heavy atom. The molecule has 0 unspecified atom stereocenters. The molecule has 130 valence electrons. The molecule has 1 aromatic carbocycles. The second kappa shape index (κ2) is 7.66. The molecule has 2 aliphatic rings. The first kappa shape index (κ1) is 16.8. The average molecular weight is 332 g/mol. The molecule has 2 heterocycles. The molecule has 0 aliphatic carbocycles. The van der Waals surface area contributed by atoms with Gasteiger partial charge in [-0.15, -0.1) is 0 Å². The number of rotatable bonds is 5. The summed E-state index contributed by atoms with van der Waals surface area (Å²) < 4.78 is 10.1. The summed E-state index contributed by atoms with van der Waals surface area (Å²) in [4.78, 5) is 24.9. The van der Waals surface area contributed by atoms with Crippen LogP contribution >= 0.6 is 0 Å². The van der Waals surface area contributed by atoms with Crippen LogP contribution < -0.4 is 5.32 Å². The Kier molecular flexibility index (Phi) is 5.35. The fourth-order valence-electron chi connectivity index (χ4n) is 3.16. The molecule has 0 saturated carbocycles. The summed E-state index contributed by atoms with van der Waals surface area (Å²) >= 11 is 0. The van der Waals surface area contributed by atoms with E-state index in [0.29, 0.717) is 38.6 Å². The third-order valence-corrected chi connectivity index (χ3v) is 4.66. The van der Waals surface area contributed by atoms with Gasteiger partial charge in [0.2, 0.25) is 5.91 Å². The molecule has 2 aliphatic heterocycles. The van der Waals surface area contributed by atoms with E-state index in [1.54, 1.807) is 4.90 Å². The molecular weight excluding hydrogens is 308 g/mol. The summed E-state index contributed by atoms with van der Waals surface area (Å²) in [6.07, 6.45) is 1.89. The lowest BCUT2D eigenvalue weighted by molar-refractivity contribution is -0.121. The third-order valence-electron chi connectivity index (χ3n) is 4.66. The highest BCUT2D eigenvalue weighted by molar-refractivity contribution is 5.76. The predicted octanol–water partition coefficient (Wildman–Crippen LogP) is 1.51. The Hall–Kier alpha value is -2.08. The minimum atomic E-state index is -0.297. The summed E-state index contributed by atoms with van der Waals surface area (Å²) in [5, 5.41) is 2.95. The number of methoxy groups -OCH3 is 1. The SMILES string of the molecule is COC(=O)N1CC(CNC(=O)CCc2ccc3c(c2)COCC3)C1. The van der Waals surface area contributed by atoms with Crippen molar-refractivity contribution in [1.82, 2.24) is 10.2 Å². The summed E-state index contributed by atoms with van der Waals surface area (Å²) in [6.45, 7) is 3.39. The van der Waals surface area contributed by atoms with Gasteiger partial charge in [0.15, 0.2) is 0 Å². The van der Waals surface area contributed by atoms with E-state index in [0.717, 1.165) is 19.4 Å². The van der Waals surface area contributed by atoms with E-state index in [-0.39, 0.29) is 12.0 Å². The highest BCUT2D eigenvalue weighted by atomic mass is 16.5. The first-order valence-corrected chi connectivity index (χ1v) is 8.43. The van der Waals surface area contributed by atoms with Crippen molar-refractivity contribution in [3.63, 3.8) is 0 Å². The molecule has 24 heavy (non-hydrogen) atoms. The number of likely N-dealkylation sites (tertiary alicyclic amines) is 1. The summed E-state index contributed by atoms with van der Waals surface area (Å²) in [5.41, 5.74) is 3.78. The number of nitrogens with zero attached hydrogens (tertiary/aromatic N) is 1. The maximum Gasteiger partial charge on any atom is 0.409 e. The fourth-order valence-corrected chi connectivity index (χ4v) is 3.16. The molecule has 1 aromatic rings. The van der Waals surface area contributed by atoms with E-state index >= 15 is 0 Å². The van der Waals surface area contributed by atoms with E-state index in [1.807, 2.05) is 0 Å². The normalized spacial score (nSPS) is 17.0. The zero-order chi connectivity index (χ0) is 16.9. The monoisotopic (exact) mass is 332 g/mol. The lowest BCUT2D eigenvalue weighted by Gasteiger charge is -2.37. The van der Waals surface area contributed by atoms with Crippen molar-refractivity contribution >= 4 is 12.0 Å². The van der Waals surface area contributed by atoms with Crippen LogP contribution in [-0.2, 0) is 33.7 Å². The minimum absolute atomic E-state index is 0.0560. The van der Waals surface area contributed by atoms with Crippen LogP contribution in [0.5, 0.6) is 0 Å². The van der Waals surface area contributed by atoms with Crippen molar-refractivity contribution in [2.24, 2.45) is 5.92 Å². The van der Waals surface area contributed by atoms with Crippen molar-refractivity contribution < 1.29 is 19.1 Å². The standard InChI is InChI=1S/C18H24N2O4/c1-23-18(22)20-10-14(11-20)9-19-17(21)5-3-13-2-4-15-6-7-24-12-16(15)8-13/h2,4,8,14H,3,5-7,9-12H2,1H3,(H,19,21). The van der Waals surface area contributed by atoms with Crippen molar-refractivity contribution in [1.29, 1.82) is 0 Å². The number of carbonyl (C=O) groups is 2. The largest absolute Gasteiger partial charge is 0.453 e. The van der Waals surface area contributed by atoms with Crippen molar-refractivity contribution in [2.45, 2.75) is 25.9 Å². The summed E-state index contributed by atoms with van der Waals surface area (Å²) in [7, 11) is 1.38. The van der Waals surface area contributed by atoms with Crippen LogP contribution in [0.2, 0.25) is 0 Å². The van der Waals surface area contributed by atoms with Crippen LogP contribution in [0.3, 0.4) is 0 Å². The van der Waals surface area contributed by atoms with Crippen molar-refractivity contribution in [2.75, 3.05) is 33.4 Å². The Bertz CT molecular complexity index is 611. The number of hydrogen-bond donors (Lipinski definition) is 1. The smallest absolute Gasteiger partial charge is 0.409 e. The van der Waals surface area contributed by atoms with E-state index in [2.05, 4.69) is 28.3 Å². The van der Waals surface area contributed by atoms with Crippen LogP contribution in [0, 0.1) is 5.92 Å². The van der Waals surface area contributed by atoms with Crippen LogP contribution in [0.15, 0.2) is 18.2 Å². The molecule has 3 rings (SSSR count). The van der Waals surface area contributed by atoms with Gasteiger partial charge in [-0.25, -0.2) is 4.79 Å². The third kappa shape index (κ3) is 4.06. The molecule has 0 spiro atoms. The number of ether oxygens (including phenoxy) is 2. The molecule has 2 amide bonds. The van der Waals surface area contributed by atoms with Gasteiger partial charge in [0.05, 0.1) is 20.3 Å². The molecule has 6 nitrogen and oxygen atoms in total. The number of fused-ring (bicyclic) bond motifs is 1. The topological polar surface area (TPSA) is 67.9 Å². The predicted molar refractivity (Wildman–Crippen MR) is 88.6 cm³/mol. The average Bonchev–Trinajstić information content (AvgIpc) is 2.58. The molecule has 1 fully saturated rings. The van der Waals surface area contributed by atoms with Gasteiger partial charge in [-0.2, -0.15) is 0 Å². The molecule has 1 N–H and O–H groups in total. The quantitative estimate of drug-likeness (QED) is 0.887. The Morgan fingerprint density at radius 1 is 1.33 bits per heavy atom. The van der Waals surface area contributed by atoms with Crippen molar-refractivity contribution in [3.8, 4) is 0 Å². The number of amides is 2. The molecular formula is C18H24N2O4. The number of nitrogens with one attached hydrogen (secondary N) is 1. The van der Waals surface area contributed by atoms with Gasteiger partial charge in [-0.05, 0) is 29.5 Å². The van der Waals surface area contributed by atoms with Gasteiger partial charge >= 0.3 is 6.09 Å². The van der Waals surface area contributed by atoms with Gasteiger partial charge in [-0.3, -0.25) is 4.79 Å². The van der Waals surface area contributed by atoms with E-state index in [1.165, 1.54) is 23.8 Å². The van der Waals surface area contributed by atoms with Gasteiger partial charge in [0.1, 0.15) is 0 Å². The first-order valence-electron chi connectivity index (χ1n) is 8.43. The maximum absolute atomic E-state index is 12.0. The fraction of sp³-hybridized carbons (Fsp3) is 0.556. The molecule has 1 saturated heterocycles. The van der Waals surface area contributed by atoms with E-state index in [9.17, 15) is 9.59 Å². The number of hydrogen-bond acceptors (Lipinski definition) is 4. The summed E-state index contributed by atoms with van der Waals surface area (Å²) in [5.74, 6) is 0.384. The second-order valence-corrected chi connectivity index (χ2v) is 6.45. The highest BCUT2D eigenvalue weighted by Crippen LogP contribution is 2.19. The molecule has 0 atom stereocenters. The van der Waals surface area contributed by atoms with Crippen LogP contribution in [-0.4, -0.2) is 50.3 Å². The zero-order valence-corrected chi connectivity index (χ0v) is 14.0. The first-order chi connectivity index (χ1) is 11.7. The van der Waals surface area contributed by atoms with Gasteiger partial charge in [0, 0.05) is 32.0 Å². The zero-order valence-electron chi connectivity index (χ0n) is 14.0. The van der Waals surface area contributed by atoms with Crippen LogP contribution in [0.4, 0.5) is 4.79 Å². The number of aryl methyl sites for hydroxylation is 1. The van der Waals surface area contributed by atoms with Crippen LogP contribution in [0.25, 0.3) is 0 Å². The number of benzene rings is 1. The second-order valence-electron chi connectivity index (χ2n) is 6.45. The number of carbonyl (C=O) groups excluding carboxylic acids is 2. The van der Waals surface area contributed by atoms with E-state index < -0.39 is 0 Å².